The lowest BCUT2D eigenvalue weighted by Gasteiger charge is -2.15. The number of rotatable bonds is 8. The number of methoxy groups -OCH3 is 1. The molecule has 0 saturated carbocycles. The summed E-state index contributed by atoms with van der Waals surface area (Å²) in [7, 11) is -3.32. The van der Waals surface area contributed by atoms with Crippen LogP contribution in [0.3, 0.4) is 0 Å². The van der Waals surface area contributed by atoms with Crippen molar-refractivity contribution < 1.29 is 37.4 Å². The fourth-order valence-electron chi connectivity index (χ4n) is 1.16. The Labute approximate surface area is 122 Å². The molecule has 0 bridgehead atoms. The minimum atomic E-state index is -4.43. The second-order valence-corrected chi connectivity index (χ2v) is 5.63. The zero-order valence-corrected chi connectivity index (χ0v) is 12.6. The number of hydrogen-bond acceptors (Lipinski definition) is 7. The van der Waals surface area contributed by atoms with Gasteiger partial charge in [0.2, 0.25) is 0 Å². The third-order valence-electron chi connectivity index (χ3n) is 2.02. The van der Waals surface area contributed by atoms with E-state index in [1.807, 2.05) is 0 Å². The normalized spacial score (nSPS) is 12.6. The molecule has 0 aliphatic heterocycles. The van der Waals surface area contributed by atoms with Gasteiger partial charge in [0.25, 0.3) is 0 Å². The van der Waals surface area contributed by atoms with Gasteiger partial charge in [-0.15, -0.1) is 0 Å². The van der Waals surface area contributed by atoms with Crippen molar-refractivity contribution in [3.63, 3.8) is 0 Å². The van der Waals surface area contributed by atoms with Crippen LogP contribution in [0.5, 0.6) is 0 Å². The van der Waals surface area contributed by atoms with E-state index in [0.29, 0.717) is 0 Å². The molecule has 0 unspecified atom stereocenters. The minimum Gasteiger partial charge on any atom is -0.480 e. The molecule has 0 fully saturated rings. The van der Waals surface area contributed by atoms with Crippen molar-refractivity contribution in [3.05, 3.63) is 0 Å². The number of hydrogen-bond donors (Lipinski definition) is 3. The van der Waals surface area contributed by atoms with Crippen LogP contribution in [0.25, 0.3) is 0 Å². The Bertz CT molecular complexity index is 487. The van der Waals surface area contributed by atoms with Crippen LogP contribution < -0.4 is 9.44 Å². The van der Waals surface area contributed by atoms with E-state index >= 15 is 0 Å². The van der Waals surface area contributed by atoms with Gasteiger partial charge in [-0.05, 0) is 20.3 Å². The van der Waals surface area contributed by atoms with Crippen LogP contribution in [-0.2, 0) is 29.3 Å². The first-order valence-corrected chi connectivity index (χ1v) is 7.36. The summed E-state index contributed by atoms with van der Waals surface area (Å²) in [6, 6.07) is -1.59. The van der Waals surface area contributed by atoms with Crippen molar-refractivity contribution in [3.8, 4) is 0 Å². The van der Waals surface area contributed by atoms with Gasteiger partial charge in [-0.3, -0.25) is 9.59 Å². The van der Waals surface area contributed by atoms with Gasteiger partial charge in [-0.25, -0.2) is 9.52 Å². The van der Waals surface area contributed by atoms with E-state index in [2.05, 4.69) is 9.47 Å². The number of amides is 1. The predicted octanol–water partition coefficient (Wildman–Crippen LogP) is -0.638. The number of carboxylic acid groups (broad SMARTS) is 1. The molecule has 0 spiro atoms. The molecule has 11 heteroatoms. The molecule has 0 rings (SSSR count). The van der Waals surface area contributed by atoms with E-state index in [1.165, 1.54) is 18.6 Å². The van der Waals surface area contributed by atoms with Crippen LogP contribution in [0.2, 0.25) is 0 Å². The van der Waals surface area contributed by atoms with Crippen molar-refractivity contribution in [2.45, 2.75) is 38.8 Å². The first-order valence-electron chi connectivity index (χ1n) is 5.87. The summed E-state index contributed by atoms with van der Waals surface area (Å²) in [5.74, 6) is -2.19. The molecule has 0 aliphatic rings. The Morgan fingerprint density at radius 2 is 1.81 bits per heavy atom. The molecule has 0 saturated heterocycles. The zero-order valence-electron chi connectivity index (χ0n) is 11.8. The molecule has 0 aromatic heterocycles. The van der Waals surface area contributed by atoms with Crippen LogP contribution >= 0.6 is 0 Å². The monoisotopic (exact) mass is 326 g/mol. The summed E-state index contributed by atoms with van der Waals surface area (Å²) in [5, 5.41) is 8.88. The summed E-state index contributed by atoms with van der Waals surface area (Å²) in [6.45, 7) is 3.02. The van der Waals surface area contributed by atoms with Gasteiger partial charge in [-0.2, -0.15) is 13.1 Å². The van der Waals surface area contributed by atoms with Crippen molar-refractivity contribution in [1.82, 2.24) is 9.44 Å². The molecular weight excluding hydrogens is 308 g/mol. The van der Waals surface area contributed by atoms with Gasteiger partial charge in [-0.1, -0.05) is 0 Å². The van der Waals surface area contributed by atoms with Crippen molar-refractivity contribution in [1.29, 1.82) is 0 Å². The van der Waals surface area contributed by atoms with Crippen molar-refractivity contribution >= 4 is 28.2 Å². The van der Waals surface area contributed by atoms with E-state index < -0.39 is 40.4 Å². The number of carbonyl (C=O) groups excluding carboxylic acids is 2. The van der Waals surface area contributed by atoms with Crippen LogP contribution in [0.1, 0.15) is 26.7 Å². The summed E-state index contributed by atoms with van der Waals surface area (Å²) in [4.78, 5) is 33.0. The van der Waals surface area contributed by atoms with E-state index in [0.717, 1.165) is 7.11 Å². The number of carbonyl (C=O) groups is 3. The summed E-state index contributed by atoms with van der Waals surface area (Å²) in [5.41, 5.74) is 0. The third-order valence-corrected chi connectivity index (χ3v) is 3.05. The lowest BCUT2D eigenvalue weighted by Crippen LogP contribution is -2.48. The molecule has 122 valence electrons. The van der Waals surface area contributed by atoms with Gasteiger partial charge in [0.15, 0.2) is 0 Å². The average molecular weight is 326 g/mol. The molecule has 0 aromatic rings. The first kappa shape index (κ1) is 19.1. The Balaban J connectivity index is 4.65. The van der Waals surface area contributed by atoms with Crippen LogP contribution in [-0.4, -0.2) is 50.8 Å². The Kier molecular flexibility index (Phi) is 7.66. The van der Waals surface area contributed by atoms with Gasteiger partial charge in [0.05, 0.1) is 13.2 Å². The summed E-state index contributed by atoms with van der Waals surface area (Å²) in [6.07, 6.45) is -2.42. The van der Waals surface area contributed by atoms with E-state index in [9.17, 15) is 22.8 Å². The van der Waals surface area contributed by atoms with Gasteiger partial charge >= 0.3 is 28.2 Å². The SMILES string of the molecule is COC(=O)CC[C@@H](NS(=O)(=O)NC(=O)OC(C)C)C(=O)O. The quantitative estimate of drug-likeness (QED) is 0.499. The molecule has 3 N–H and O–H groups in total. The summed E-state index contributed by atoms with van der Waals surface area (Å²) < 4.78 is 35.2. The predicted molar refractivity (Wildman–Crippen MR) is 69.5 cm³/mol. The maximum atomic E-state index is 11.5. The Morgan fingerprint density at radius 1 is 1.24 bits per heavy atom. The van der Waals surface area contributed by atoms with Crippen molar-refractivity contribution in [2.75, 3.05) is 7.11 Å². The lowest BCUT2D eigenvalue weighted by molar-refractivity contribution is -0.142. The molecule has 21 heavy (non-hydrogen) atoms. The van der Waals surface area contributed by atoms with E-state index in [1.54, 1.807) is 4.72 Å². The van der Waals surface area contributed by atoms with Crippen LogP contribution in [0, 0.1) is 0 Å². The number of ether oxygens (including phenoxy) is 2. The molecule has 10 nitrogen and oxygen atoms in total. The Hall–Kier alpha value is -1.88. The second-order valence-electron chi connectivity index (χ2n) is 4.18. The second kappa shape index (κ2) is 8.42. The van der Waals surface area contributed by atoms with Crippen molar-refractivity contribution in [2.24, 2.45) is 0 Å². The highest BCUT2D eigenvalue weighted by Crippen LogP contribution is 2.01. The average Bonchev–Trinajstić information content (AvgIpc) is 2.31. The molecule has 1 amide bonds. The topological polar surface area (TPSA) is 148 Å². The molecular formula is C10H18N2O8S. The van der Waals surface area contributed by atoms with Crippen LogP contribution in [0.15, 0.2) is 0 Å². The van der Waals surface area contributed by atoms with Gasteiger partial charge < -0.3 is 14.6 Å². The largest absolute Gasteiger partial charge is 0.480 e. The summed E-state index contributed by atoms with van der Waals surface area (Å²) >= 11 is 0. The number of esters is 1. The fraction of sp³-hybridized carbons (Fsp3) is 0.700. The molecule has 0 aromatic carbocycles. The fourth-order valence-corrected chi connectivity index (χ4v) is 2.08. The number of carboxylic acids is 1. The molecule has 0 heterocycles. The molecule has 0 aliphatic carbocycles. The lowest BCUT2D eigenvalue weighted by atomic mass is 10.2. The highest BCUT2D eigenvalue weighted by Gasteiger charge is 2.26. The van der Waals surface area contributed by atoms with Gasteiger partial charge in [0, 0.05) is 6.42 Å². The minimum absolute atomic E-state index is 0.299. The number of nitrogens with one attached hydrogen (secondary N) is 2. The third kappa shape index (κ3) is 8.81. The maximum absolute atomic E-state index is 11.5. The molecule has 0 radical (unpaired) electrons. The number of aliphatic carboxylic acids is 1. The molecule has 1 atom stereocenters. The highest BCUT2D eigenvalue weighted by molar-refractivity contribution is 7.88. The van der Waals surface area contributed by atoms with E-state index in [-0.39, 0.29) is 12.8 Å². The zero-order chi connectivity index (χ0) is 16.6. The maximum Gasteiger partial charge on any atom is 0.422 e. The van der Waals surface area contributed by atoms with E-state index in [4.69, 9.17) is 5.11 Å². The standard InChI is InChI=1S/C10H18N2O8S/c1-6(2)20-10(16)12-21(17,18)11-7(9(14)15)4-5-8(13)19-3/h6-7,11H,4-5H2,1-3H3,(H,12,16)(H,14,15)/t7-/m1/s1. The van der Waals surface area contributed by atoms with Gasteiger partial charge in [0.1, 0.15) is 6.04 Å². The smallest absolute Gasteiger partial charge is 0.422 e. The highest BCUT2D eigenvalue weighted by atomic mass is 32.2. The van der Waals surface area contributed by atoms with Crippen LogP contribution in [0.4, 0.5) is 4.79 Å². The Morgan fingerprint density at radius 3 is 2.24 bits per heavy atom. The first-order chi connectivity index (χ1) is 9.57.